The van der Waals surface area contributed by atoms with E-state index in [-0.39, 0.29) is 12.5 Å². The minimum absolute atomic E-state index is 0.0113. The zero-order chi connectivity index (χ0) is 16.8. The van der Waals surface area contributed by atoms with E-state index in [1.54, 1.807) is 6.92 Å². The maximum Gasteiger partial charge on any atom is 0.421 e. The Morgan fingerprint density at radius 3 is 2.65 bits per heavy atom. The maximum absolute atomic E-state index is 13.1. The number of nitrogens with zero attached hydrogens (tertiary/aromatic N) is 3. The van der Waals surface area contributed by atoms with E-state index in [1.165, 1.54) is 0 Å². The molecule has 2 aromatic rings. The fourth-order valence-corrected chi connectivity index (χ4v) is 2.52. The highest BCUT2D eigenvalue weighted by Gasteiger charge is 2.37. The molecule has 0 N–H and O–H groups in total. The summed E-state index contributed by atoms with van der Waals surface area (Å²) in [7, 11) is 0. The van der Waals surface area contributed by atoms with Crippen molar-refractivity contribution >= 4 is 0 Å². The summed E-state index contributed by atoms with van der Waals surface area (Å²) in [5.41, 5.74) is -0.806. The van der Waals surface area contributed by atoms with E-state index in [1.807, 2.05) is 6.92 Å². The average molecular weight is 327 g/mol. The highest BCUT2D eigenvalue weighted by molar-refractivity contribution is 5.25. The van der Waals surface area contributed by atoms with Gasteiger partial charge in [-0.15, -0.1) is 0 Å². The van der Waals surface area contributed by atoms with Gasteiger partial charge in [-0.1, -0.05) is 12.1 Å². The van der Waals surface area contributed by atoms with E-state index >= 15 is 0 Å². The van der Waals surface area contributed by atoms with Crippen molar-refractivity contribution in [3.8, 4) is 0 Å². The van der Waals surface area contributed by atoms with Crippen molar-refractivity contribution in [1.82, 2.24) is 14.9 Å². The zero-order valence-corrected chi connectivity index (χ0v) is 12.8. The quantitative estimate of drug-likeness (QED) is 0.866. The molecule has 0 unspecified atom stereocenters. The van der Waals surface area contributed by atoms with Crippen LogP contribution in [0.3, 0.4) is 0 Å². The van der Waals surface area contributed by atoms with Gasteiger partial charge in [0.2, 0.25) is 0 Å². The molecule has 3 rings (SSSR count). The third kappa shape index (κ3) is 3.02. The van der Waals surface area contributed by atoms with Crippen molar-refractivity contribution in [3.63, 3.8) is 0 Å². The average Bonchev–Trinajstić information content (AvgIpc) is 3.26. The Kier molecular flexibility index (Phi) is 3.77. The summed E-state index contributed by atoms with van der Waals surface area (Å²) in [5, 5.41) is 7.95. The second kappa shape index (κ2) is 5.50. The van der Waals surface area contributed by atoms with E-state index in [9.17, 15) is 18.0 Å². The van der Waals surface area contributed by atoms with Crippen LogP contribution in [0.5, 0.6) is 0 Å². The molecule has 23 heavy (non-hydrogen) atoms. The van der Waals surface area contributed by atoms with Gasteiger partial charge in [-0.2, -0.15) is 18.3 Å². The minimum atomic E-state index is -4.69. The van der Waals surface area contributed by atoms with Gasteiger partial charge in [-0.3, -0.25) is 4.79 Å². The molecule has 1 aliphatic rings. The topological polar surface area (TPSA) is 60.9 Å². The predicted octanol–water partition coefficient (Wildman–Crippen LogP) is 3.05. The Bertz CT molecular complexity index is 788. The molecule has 1 saturated carbocycles. The molecule has 2 aromatic heterocycles. The summed E-state index contributed by atoms with van der Waals surface area (Å²) in [5.74, 6) is 0.568. The molecule has 5 nitrogen and oxygen atoms in total. The van der Waals surface area contributed by atoms with Gasteiger partial charge < -0.3 is 4.52 Å². The van der Waals surface area contributed by atoms with Crippen molar-refractivity contribution in [2.24, 2.45) is 0 Å². The molecule has 0 aromatic carbocycles. The molecule has 1 aliphatic carbocycles. The van der Waals surface area contributed by atoms with Gasteiger partial charge in [0, 0.05) is 17.9 Å². The van der Waals surface area contributed by atoms with Crippen molar-refractivity contribution < 1.29 is 17.7 Å². The Labute approximate surface area is 130 Å². The number of rotatable bonds is 4. The van der Waals surface area contributed by atoms with Crippen LogP contribution in [-0.4, -0.2) is 14.9 Å². The van der Waals surface area contributed by atoms with Crippen molar-refractivity contribution in [3.05, 3.63) is 44.7 Å². The summed E-state index contributed by atoms with van der Waals surface area (Å²) in [6.45, 7) is 3.47. The van der Waals surface area contributed by atoms with E-state index < -0.39 is 17.3 Å². The van der Waals surface area contributed by atoms with Crippen molar-refractivity contribution in [2.75, 3.05) is 0 Å². The molecule has 1 fully saturated rings. The van der Waals surface area contributed by atoms with Gasteiger partial charge in [0.15, 0.2) is 0 Å². The predicted molar refractivity (Wildman–Crippen MR) is 75.2 cm³/mol. The Morgan fingerprint density at radius 2 is 2.09 bits per heavy atom. The highest BCUT2D eigenvalue weighted by Crippen LogP contribution is 2.40. The lowest BCUT2D eigenvalue weighted by atomic mass is 10.1. The molecule has 0 spiro atoms. The molecule has 0 saturated heterocycles. The van der Waals surface area contributed by atoms with E-state index in [0.29, 0.717) is 29.1 Å². The van der Waals surface area contributed by atoms with Crippen LogP contribution >= 0.6 is 0 Å². The fourth-order valence-electron chi connectivity index (χ4n) is 2.52. The molecule has 0 atom stereocenters. The minimum Gasteiger partial charge on any atom is -0.361 e. The molecule has 0 bridgehead atoms. The van der Waals surface area contributed by atoms with Crippen LogP contribution in [0.1, 0.15) is 54.0 Å². The number of hydrogen-bond acceptors (Lipinski definition) is 4. The summed E-state index contributed by atoms with van der Waals surface area (Å²) in [6, 6.07) is 0.887. The standard InChI is InChI=1S/C15H16F3N3O2/c1-3-13-10(8(2)20-23-13)7-21-14(22)11(15(16,17)18)6-12(19-21)9-4-5-9/h6,9H,3-5,7H2,1-2H3. The zero-order valence-electron chi connectivity index (χ0n) is 12.8. The number of alkyl halides is 3. The lowest BCUT2D eigenvalue weighted by Crippen LogP contribution is -2.32. The van der Waals surface area contributed by atoms with E-state index in [2.05, 4.69) is 10.3 Å². The summed E-state index contributed by atoms with van der Waals surface area (Å²) in [4.78, 5) is 12.2. The Hall–Kier alpha value is -2.12. The van der Waals surface area contributed by atoms with Gasteiger partial charge in [0.05, 0.1) is 17.9 Å². The maximum atomic E-state index is 13.1. The van der Waals surface area contributed by atoms with Gasteiger partial charge in [0.1, 0.15) is 11.3 Å². The van der Waals surface area contributed by atoms with Crippen LogP contribution < -0.4 is 5.56 Å². The first kappa shape index (κ1) is 15.8. The normalized spacial score (nSPS) is 15.2. The first-order valence-electron chi connectivity index (χ1n) is 7.44. The van der Waals surface area contributed by atoms with Crippen LogP contribution in [0.2, 0.25) is 0 Å². The van der Waals surface area contributed by atoms with Crippen LogP contribution in [0, 0.1) is 6.92 Å². The molecule has 0 amide bonds. The van der Waals surface area contributed by atoms with Gasteiger partial charge in [-0.25, -0.2) is 4.68 Å². The molecule has 2 heterocycles. The summed E-state index contributed by atoms with van der Waals surface area (Å²) < 4.78 is 45.4. The van der Waals surface area contributed by atoms with Crippen molar-refractivity contribution in [1.29, 1.82) is 0 Å². The molecule has 124 valence electrons. The number of aryl methyl sites for hydroxylation is 2. The third-order valence-electron chi connectivity index (χ3n) is 3.99. The third-order valence-corrected chi connectivity index (χ3v) is 3.99. The summed E-state index contributed by atoms with van der Waals surface area (Å²) in [6.07, 6.45) is -2.55. The number of hydrogen-bond donors (Lipinski definition) is 0. The smallest absolute Gasteiger partial charge is 0.361 e. The van der Waals surface area contributed by atoms with E-state index in [0.717, 1.165) is 23.6 Å². The lowest BCUT2D eigenvalue weighted by Gasteiger charge is -2.12. The van der Waals surface area contributed by atoms with Gasteiger partial charge >= 0.3 is 6.18 Å². The van der Waals surface area contributed by atoms with Gasteiger partial charge in [0.25, 0.3) is 5.56 Å². The Balaban J connectivity index is 2.09. The van der Waals surface area contributed by atoms with Crippen LogP contribution in [0.4, 0.5) is 13.2 Å². The molecule has 8 heteroatoms. The second-order valence-electron chi connectivity index (χ2n) is 5.74. The second-order valence-corrected chi connectivity index (χ2v) is 5.74. The lowest BCUT2D eigenvalue weighted by molar-refractivity contribution is -0.139. The summed E-state index contributed by atoms with van der Waals surface area (Å²) >= 11 is 0. The van der Waals surface area contributed by atoms with Crippen molar-refractivity contribution in [2.45, 2.75) is 51.7 Å². The van der Waals surface area contributed by atoms with Crippen LogP contribution in [0.15, 0.2) is 15.4 Å². The number of halogens is 3. The fraction of sp³-hybridized carbons (Fsp3) is 0.533. The largest absolute Gasteiger partial charge is 0.421 e. The molecule has 0 aliphatic heterocycles. The molecular formula is C15H16F3N3O2. The molecule has 0 radical (unpaired) electrons. The van der Waals surface area contributed by atoms with E-state index in [4.69, 9.17) is 4.52 Å². The SMILES string of the molecule is CCc1onc(C)c1Cn1nc(C2CC2)cc(C(F)(F)F)c1=O. The highest BCUT2D eigenvalue weighted by atomic mass is 19.4. The van der Waals surface area contributed by atoms with Crippen LogP contribution in [-0.2, 0) is 19.1 Å². The molecular weight excluding hydrogens is 311 g/mol. The Morgan fingerprint density at radius 1 is 1.39 bits per heavy atom. The van der Waals surface area contributed by atoms with Crippen LogP contribution in [0.25, 0.3) is 0 Å². The monoisotopic (exact) mass is 327 g/mol. The van der Waals surface area contributed by atoms with Gasteiger partial charge in [-0.05, 0) is 25.8 Å². The first-order chi connectivity index (χ1) is 10.8. The first-order valence-corrected chi connectivity index (χ1v) is 7.44. The number of aromatic nitrogens is 3.